The van der Waals surface area contributed by atoms with Gasteiger partial charge < -0.3 is 14.6 Å². The highest BCUT2D eigenvalue weighted by atomic mass is 16.3. The van der Waals surface area contributed by atoms with Crippen molar-refractivity contribution in [2.45, 2.75) is 19.6 Å². The van der Waals surface area contributed by atoms with Crippen molar-refractivity contribution in [3.63, 3.8) is 0 Å². The summed E-state index contributed by atoms with van der Waals surface area (Å²) in [6.45, 7) is 2.27. The maximum Gasteiger partial charge on any atom is 0.0696 e. The molecule has 0 radical (unpaired) electrons. The molecule has 1 rings (SSSR count). The summed E-state index contributed by atoms with van der Waals surface area (Å²) >= 11 is 0. The first kappa shape index (κ1) is 10.3. The molecule has 0 aliphatic heterocycles. The van der Waals surface area contributed by atoms with Gasteiger partial charge in [0.15, 0.2) is 0 Å². The number of aliphatic hydroxyl groups excluding tert-OH is 1. The van der Waals surface area contributed by atoms with Gasteiger partial charge in [-0.05, 0) is 38.7 Å². The zero-order valence-corrected chi connectivity index (χ0v) is 8.40. The van der Waals surface area contributed by atoms with Crippen molar-refractivity contribution in [1.82, 2.24) is 9.47 Å². The molecule has 3 nitrogen and oxygen atoms in total. The molecule has 0 amide bonds. The average molecular weight is 182 g/mol. The summed E-state index contributed by atoms with van der Waals surface area (Å²) in [4.78, 5) is 2.18. The van der Waals surface area contributed by atoms with E-state index >= 15 is 0 Å². The molecule has 0 aromatic carbocycles. The molecule has 13 heavy (non-hydrogen) atoms. The lowest BCUT2D eigenvalue weighted by atomic mass is 10.4. The van der Waals surface area contributed by atoms with Crippen LogP contribution in [0, 0.1) is 0 Å². The van der Waals surface area contributed by atoms with Crippen LogP contribution in [0.1, 0.15) is 12.0 Å². The fraction of sp³-hybridized carbons (Fsp3) is 0.600. The lowest BCUT2D eigenvalue weighted by molar-refractivity contribution is 0.281. The molecule has 0 fully saturated rings. The maximum absolute atomic E-state index is 8.84. The van der Waals surface area contributed by atoms with Crippen molar-refractivity contribution >= 4 is 0 Å². The van der Waals surface area contributed by atoms with E-state index in [1.807, 2.05) is 18.5 Å². The summed E-state index contributed by atoms with van der Waals surface area (Å²) in [6.07, 6.45) is 5.16. The van der Waals surface area contributed by atoms with Crippen LogP contribution in [0.2, 0.25) is 0 Å². The van der Waals surface area contributed by atoms with Gasteiger partial charge in [-0.3, -0.25) is 0 Å². The molecule has 0 spiro atoms. The molecular formula is C10H18N2O. The van der Waals surface area contributed by atoms with Crippen molar-refractivity contribution in [2.75, 3.05) is 20.6 Å². The van der Waals surface area contributed by atoms with Gasteiger partial charge in [-0.15, -0.1) is 0 Å². The highest BCUT2D eigenvalue weighted by molar-refractivity contribution is 5.08. The Morgan fingerprint density at radius 3 is 2.77 bits per heavy atom. The van der Waals surface area contributed by atoms with Crippen LogP contribution < -0.4 is 0 Å². The third-order valence-corrected chi connectivity index (χ3v) is 2.02. The summed E-state index contributed by atoms with van der Waals surface area (Å²) in [7, 11) is 4.16. The first-order valence-electron chi connectivity index (χ1n) is 4.62. The van der Waals surface area contributed by atoms with Crippen LogP contribution in [0.15, 0.2) is 18.5 Å². The Bertz CT molecular complexity index is 243. The number of nitrogens with zero attached hydrogens (tertiary/aromatic N) is 2. The Kier molecular flexibility index (Phi) is 3.99. The van der Waals surface area contributed by atoms with Gasteiger partial charge in [0.25, 0.3) is 0 Å². The molecular weight excluding hydrogens is 164 g/mol. The number of rotatable bonds is 5. The van der Waals surface area contributed by atoms with E-state index in [1.165, 1.54) is 0 Å². The SMILES string of the molecule is CN(C)CCCn1ccc(CO)c1. The zero-order valence-electron chi connectivity index (χ0n) is 8.40. The first-order valence-corrected chi connectivity index (χ1v) is 4.62. The van der Waals surface area contributed by atoms with Gasteiger partial charge >= 0.3 is 0 Å². The second kappa shape index (κ2) is 5.04. The van der Waals surface area contributed by atoms with Crippen LogP contribution >= 0.6 is 0 Å². The molecule has 0 saturated heterocycles. The second-order valence-electron chi connectivity index (χ2n) is 3.57. The van der Waals surface area contributed by atoms with Crippen molar-refractivity contribution in [3.8, 4) is 0 Å². The van der Waals surface area contributed by atoms with Crippen molar-refractivity contribution < 1.29 is 5.11 Å². The van der Waals surface area contributed by atoms with Crippen molar-refractivity contribution in [3.05, 3.63) is 24.0 Å². The van der Waals surface area contributed by atoms with Crippen LogP contribution in [0.5, 0.6) is 0 Å². The quantitative estimate of drug-likeness (QED) is 0.734. The van der Waals surface area contributed by atoms with Gasteiger partial charge in [0, 0.05) is 18.9 Å². The highest BCUT2D eigenvalue weighted by Crippen LogP contribution is 2.01. The van der Waals surface area contributed by atoms with E-state index in [4.69, 9.17) is 5.11 Å². The Morgan fingerprint density at radius 2 is 2.23 bits per heavy atom. The number of hydrogen-bond donors (Lipinski definition) is 1. The van der Waals surface area contributed by atoms with E-state index in [-0.39, 0.29) is 6.61 Å². The molecule has 1 heterocycles. The van der Waals surface area contributed by atoms with Gasteiger partial charge in [0.1, 0.15) is 0 Å². The molecule has 0 aliphatic rings. The Morgan fingerprint density at radius 1 is 1.46 bits per heavy atom. The van der Waals surface area contributed by atoms with Crippen molar-refractivity contribution in [2.24, 2.45) is 0 Å². The minimum Gasteiger partial charge on any atom is -0.392 e. The molecule has 0 bridgehead atoms. The molecule has 0 saturated carbocycles. The van der Waals surface area contributed by atoms with Crippen LogP contribution in [0.25, 0.3) is 0 Å². The third kappa shape index (κ3) is 3.61. The summed E-state index contributed by atoms with van der Waals surface area (Å²) in [5.41, 5.74) is 0.991. The Balaban J connectivity index is 2.28. The summed E-state index contributed by atoms with van der Waals surface area (Å²) in [5, 5.41) is 8.84. The molecule has 3 heteroatoms. The standard InChI is InChI=1S/C10H18N2O/c1-11(2)5-3-6-12-7-4-10(8-12)9-13/h4,7-8,13H,3,5-6,9H2,1-2H3. The molecule has 74 valence electrons. The predicted molar refractivity (Wildman–Crippen MR) is 53.5 cm³/mol. The molecule has 1 aromatic rings. The van der Waals surface area contributed by atoms with Crippen LogP contribution in [0.4, 0.5) is 0 Å². The molecule has 0 aliphatic carbocycles. The normalized spacial score (nSPS) is 11.1. The van der Waals surface area contributed by atoms with E-state index in [1.54, 1.807) is 0 Å². The second-order valence-corrected chi connectivity index (χ2v) is 3.57. The number of aromatic nitrogens is 1. The fourth-order valence-corrected chi connectivity index (χ4v) is 1.29. The van der Waals surface area contributed by atoms with E-state index in [0.717, 1.165) is 25.1 Å². The summed E-state index contributed by atoms with van der Waals surface area (Å²) in [5.74, 6) is 0. The smallest absolute Gasteiger partial charge is 0.0696 e. The Hall–Kier alpha value is -0.800. The van der Waals surface area contributed by atoms with Gasteiger partial charge in [0.05, 0.1) is 6.61 Å². The monoisotopic (exact) mass is 182 g/mol. The third-order valence-electron chi connectivity index (χ3n) is 2.02. The minimum atomic E-state index is 0.140. The van der Waals surface area contributed by atoms with E-state index in [2.05, 4.69) is 23.6 Å². The summed E-state index contributed by atoms with van der Waals surface area (Å²) in [6, 6.07) is 1.95. The number of aryl methyl sites for hydroxylation is 1. The average Bonchev–Trinajstić information content (AvgIpc) is 2.52. The summed E-state index contributed by atoms with van der Waals surface area (Å²) < 4.78 is 2.12. The largest absolute Gasteiger partial charge is 0.392 e. The van der Waals surface area contributed by atoms with E-state index in [0.29, 0.717) is 0 Å². The number of hydrogen-bond acceptors (Lipinski definition) is 2. The van der Waals surface area contributed by atoms with E-state index < -0.39 is 0 Å². The Labute approximate surface area is 79.6 Å². The predicted octanol–water partition coefficient (Wildman–Crippen LogP) is 0.932. The molecule has 0 unspecified atom stereocenters. The van der Waals surface area contributed by atoms with Gasteiger partial charge in [-0.25, -0.2) is 0 Å². The van der Waals surface area contributed by atoms with Gasteiger partial charge in [-0.1, -0.05) is 0 Å². The maximum atomic E-state index is 8.84. The topological polar surface area (TPSA) is 28.4 Å². The highest BCUT2D eigenvalue weighted by Gasteiger charge is 1.95. The van der Waals surface area contributed by atoms with E-state index in [9.17, 15) is 0 Å². The molecule has 1 aromatic heterocycles. The van der Waals surface area contributed by atoms with Crippen LogP contribution in [0.3, 0.4) is 0 Å². The zero-order chi connectivity index (χ0) is 9.68. The molecule has 0 atom stereocenters. The van der Waals surface area contributed by atoms with Gasteiger partial charge in [0.2, 0.25) is 0 Å². The first-order chi connectivity index (χ1) is 6.22. The lowest BCUT2D eigenvalue weighted by Gasteiger charge is -2.09. The fourth-order valence-electron chi connectivity index (χ4n) is 1.29. The number of aliphatic hydroxyl groups is 1. The molecule has 1 N–H and O–H groups in total. The van der Waals surface area contributed by atoms with Gasteiger partial charge in [-0.2, -0.15) is 0 Å². The lowest BCUT2D eigenvalue weighted by Crippen LogP contribution is -2.14. The van der Waals surface area contributed by atoms with Crippen molar-refractivity contribution in [1.29, 1.82) is 0 Å². The van der Waals surface area contributed by atoms with Crippen LogP contribution in [-0.4, -0.2) is 35.2 Å². The van der Waals surface area contributed by atoms with Crippen LogP contribution in [-0.2, 0) is 13.2 Å². The minimum absolute atomic E-state index is 0.140.